The standard InChI is InChI=1S/C23H29N3O2S/c27-21(25-14-7-2-8-15-25)17-29-23-24-20-12-6-5-11-19(20)22(28)26(23)16-13-18-9-3-1-4-10-18/h5-6,9,11-12H,1-4,7-8,10,13-17H2. The highest BCUT2D eigenvalue weighted by Crippen LogP contribution is 2.23. The Labute approximate surface area is 176 Å². The molecule has 1 saturated heterocycles. The molecule has 0 saturated carbocycles. The van der Waals surface area contributed by atoms with Crippen LogP contribution < -0.4 is 5.56 Å². The van der Waals surface area contributed by atoms with Crippen LogP contribution in [-0.2, 0) is 11.3 Å². The predicted molar refractivity (Wildman–Crippen MR) is 118 cm³/mol. The molecule has 6 heteroatoms. The van der Waals surface area contributed by atoms with Gasteiger partial charge >= 0.3 is 0 Å². The maximum Gasteiger partial charge on any atom is 0.262 e. The summed E-state index contributed by atoms with van der Waals surface area (Å²) < 4.78 is 1.78. The van der Waals surface area contributed by atoms with Crippen molar-refractivity contribution >= 4 is 28.6 Å². The van der Waals surface area contributed by atoms with E-state index in [0.717, 1.165) is 45.2 Å². The molecule has 0 radical (unpaired) electrons. The molecule has 1 fully saturated rings. The van der Waals surface area contributed by atoms with Crippen LogP contribution in [0.2, 0.25) is 0 Å². The smallest absolute Gasteiger partial charge is 0.262 e. The van der Waals surface area contributed by atoms with Gasteiger partial charge in [-0.1, -0.05) is 35.5 Å². The molecular formula is C23H29N3O2S. The first-order chi connectivity index (χ1) is 14.2. The van der Waals surface area contributed by atoms with Crippen molar-refractivity contribution in [2.75, 3.05) is 18.8 Å². The second-order valence-corrected chi connectivity index (χ2v) is 8.90. The van der Waals surface area contributed by atoms with Crippen molar-refractivity contribution in [3.63, 3.8) is 0 Å². The number of benzene rings is 1. The van der Waals surface area contributed by atoms with Gasteiger partial charge in [-0.25, -0.2) is 4.98 Å². The molecule has 0 bridgehead atoms. The highest BCUT2D eigenvalue weighted by Gasteiger charge is 2.19. The van der Waals surface area contributed by atoms with E-state index in [-0.39, 0.29) is 11.5 Å². The van der Waals surface area contributed by atoms with Crippen molar-refractivity contribution in [3.05, 3.63) is 46.3 Å². The van der Waals surface area contributed by atoms with Gasteiger partial charge in [0.05, 0.1) is 16.7 Å². The number of amides is 1. The van der Waals surface area contributed by atoms with Crippen molar-refractivity contribution in [2.24, 2.45) is 0 Å². The Morgan fingerprint density at radius 3 is 2.69 bits per heavy atom. The number of piperidine rings is 1. The largest absolute Gasteiger partial charge is 0.342 e. The number of fused-ring (bicyclic) bond motifs is 1. The van der Waals surface area contributed by atoms with E-state index < -0.39 is 0 Å². The lowest BCUT2D eigenvalue weighted by Crippen LogP contribution is -2.37. The van der Waals surface area contributed by atoms with Crippen molar-refractivity contribution < 1.29 is 4.79 Å². The van der Waals surface area contributed by atoms with Gasteiger partial charge < -0.3 is 4.90 Å². The number of carbonyl (C=O) groups is 1. The normalized spacial score (nSPS) is 17.4. The first-order valence-electron chi connectivity index (χ1n) is 10.8. The molecule has 0 spiro atoms. The first kappa shape index (κ1) is 20.2. The third-order valence-corrected chi connectivity index (χ3v) is 6.86. The number of hydrogen-bond donors (Lipinski definition) is 0. The Morgan fingerprint density at radius 2 is 1.90 bits per heavy atom. The Hall–Kier alpha value is -2.08. The molecular weight excluding hydrogens is 382 g/mol. The van der Waals surface area contributed by atoms with Crippen molar-refractivity contribution in [2.45, 2.75) is 63.1 Å². The first-order valence-corrected chi connectivity index (χ1v) is 11.8. The number of aromatic nitrogens is 2. The van der Waals surface area contributed by atoms with E-state index in [4.69, 9.17) is 4.98 Å². The molecule has 154 valence electrons. The van der Waals surface area contributed by atoms with Crippen molar-refractivity contribution in [1.29, 1.82) is 0 Å². The highest BCUT2D eigenvalue weighted by molar-refractivity contribution is 7.99. The van der Waals surface area contributed by atoms with Crippen LogP contribution in [0.15, 0.2) is 45.9 Å². The second kappa shape index (κ2) is 9.61. The molecule has 5 nitrogen and oxygen atoms in total. The van der Waals surface area contributed by atoms with Crippen LogP contribution in [0.25, 0.3) is 10.9 Å². The maximum atomic E-state index is 13.2. The second-order valence-electron chi connectivity index (χ2n) is 7.96. The quantitative estimate of drug-likeness (QED) is 0.402. The van der Waals surface area contributed by atoms with Crippen LogP contribution in [0.4, 0.5) is 0 Å². The van der Waals surface area contributed by atoms with E-state index in [1.54, 1.807) is 4.57 Å². The Kier molecular flexibility index (Phi) is 6.70. The predicted octanol–water partition coefficient (Wildman–Crippen LogP) is 4.39. The van der Waals surface area contributed by atoms with Gasteiger partial charge in [0.15, 0.2) is 5.16 Å². The molecule has 4 rings (SSSR count). The summed E-state index contributed by atoms with van der Waals surface area (Å²) in [4.78, 5) is 32.5. The minimum absolute atomic E-state index is 0.0000640. The van der Waals surface area contributed by atoms with Crippen LogP contribution in [0, 0.1) is 0 Å². The van der Waals surface area contributed by atoms with Gasteiger partial charge in [-0.3, -0.25) is 14.2 Å². The number of hydrogen-bond acceptors (Lipinski definition) is 4. The molecule has 1 aromatic carbocycles. The fourth-order valence-electron chi connectivity index (χ4n) is 4.20. The molecule has 1 aliphatic carbocycles. The molecule has 2 heterocycles. The Morgan fingerprint density at radius 1 is 1.07 bits per heavy atom. The molecule has 0 N–H and O–H groups in total. The number of nitrogens with zero attached hydrogens (tertiary/aromatic N) is 3. The van der Waals surface area contributed by atoms with Gasteiger partial charge in [0.1, 0.15) is 0 Å². The van der Waals surface area contributed by atoms with E-state index in [1.807, 2.05) is 29.2 Å². The number of rotatable bonds is 6. The monoisotopic (exact) mass is 411 g/mol. The van der Waals surface area contributed by atoms with Gasteiger partial charge in [0.2, 0.25) is 5.91 Å². The molecule has 1 aliphatic heterocycles. The average molecular weight is 412 g/mol. The van der Waals surface area contributed by atoms with Gasteiger partial charge in [-0.15, -0.1) is 0 Å². The third-order valence-electron chi connectivity index (χ3n) is 5.90. The van der Waals surface area contributed by atoms with Gasteiger partial charge in [-0.05, 0) is 63.5 Å². The molecule has 29 heavy (non-hydrogen) atoms. The van der Waals surface area contributed by atoms with Crippen LogP contribution in [0.1, 0.15) is 51.4 Å². The maximum absolute atomic E-state index is 13.2. The number of para-hydroxylation sites is 1. The number of likely N-dealkylation sites (tertiary alicyclic amines) is 1. The highest BCUT2D eigenvalue weighted by atomic mass is 32.2. The number of thioether (sulfide) groups is 1. The zero-order chi connectivity index (χ0) is 20.1. The topological polar surface area (TPSA) is 55.2 Å². The molecule has 0 unspecified atom stereocenters. The number of carbonyl (C=O) groups excluding carboxylic acids is 1. The Balaban J connectivity index is 1.55. The van der Waals surface area contributed by atoms with E-state index in [1.165, 1.54) is 36.6 Å². The summed E-state index contributed by atoms with van der Waals surface area (Å²) in [7, 11) is 0. The van der Waals surface area contributed by atoms with Gasteiger partial charge in [0, 0.05) is 19.6 Å². The van der Waals surface area contributed by atoms with Crippen LogP contribution >= 0.6 is 11.8 Å². The summed E-state index contributed by atoms with van der Waals surface area (Å²) >= 11 is 1.41. The fourth-order valence-corrected chi connectivity index (χ4v) is 5.13. The zero-order valence-electron chi connectivity index (χ0n) is 16.9. The summed E-state index contributed by atoms with van der Waals surface area (Å²) in [6.07, 6.45) is 11.4. The van der Waals surface area contributed by atoms with E-state index in [9.17, 15) is 9.59 Å². The summed E-state index contributed by atoms with van der Waals surface area (Å²) in [6.45, 7) is 2.33. The SMILES string of the molecule is O=C(CSc1nc2ccccc2c(=O)n1CCC1=CCCCC1)N1CCCCC1. The summed E-state index contributed by atoms with van der Waals surface area (Å²) in [6, 6.07) is 7.50. The molecule has 0 atom stereocenters. The van der Waals surface area contributed by atoms with Crippen LogP contribution in [0.5, 0.6) is 0 Å². The van der Waals surface area contributed by atoms with Crippen LogP contribution in [0.3, 0.4) is 0 Å². The van der Waals surface area contributed by atoms with E-state index in [2.05, 4.69) is 6.08 Å². The molecule has 1 amide bonds. The van der Waals surface area contributed by atoms with Gasteiger partial charge in [-0.2, -0.15) is 0 Å². The minimum atomic E-state index is -0.0000640. The number of allylic oxidation sites excluding steroid dienone is 2. The molecule has 2 aliphatic rings. The fraction of sp³-hybridized carbons (Fsp3) is 0.522. The van der Waals surface area contributed by atoms with Crippen molar-refractivity contribution in [1.82, 2.24) is 14.5 Å². The van der Waals surface area contributed by atoms with E-state index >= 15 is 0 Å². The summed E-state index contributed by atoms with van der Waals surface area (Å²) in [5.74, 6) is 0.492. The summed E-state index contributed by atoms with van der Waals surface area (Å²) in [5.41, 5.74) is 2.15. The Bertz CT molecular complexity index is 960. The summed E-state index contributed by atoms with van der Waals surface area (Å²) in [5, 5.41) is 1.31. The average Bonchev–Trinajstić information content (AvgIpc) is 2.78. The zero-order valence-corrected chi connectivity index (χ0v) is 17.8. The van der Waals surface area contributed by atoms with Gasteiger partial charge in [0.25, 0.3) is 5.56 Å². The lowest BCUT2D eigenvalue weighted by molar-refractivity contribution is -0.129. The third kappa shape index (κ3) is 4.92. The lowest BCUT2D eigenvalue weighted by atomic mass is 9.97. The lowest BCUT2D eigenvalue weighted by Gasteiger charge is -2.26. The molecule has 1 aromatic heterocycles. The van der Waals surface area contributed by atoms with Crippen molar-refractivity contribution in [3.8, 4) is 0 Å². The van der Waals surface area contributed by atoms with E-state index in [0.29, 0.717) is 28.4 Å². The minimum Gasteiger partial charge on any atom is -0.342 e. The molecule has 2 aromatic rings. The van der Waals surface area contributed by atoms with Crippen LogP contribution in [-0.4, -0.2) is 39.2 Å².